The van der Waals surface area contributed by atoms with Crippen molar-refractivity contribution in [2.45, 2.75) is 33.4 Å². The number of carbonyl (C=O) groups is 1. The lowest BCUT2D eigenvalue weighted by molar-refractivity contribution is -0.122. The lowest BCUT2D eigenvalue weighted by Crippen LogP contribution is -2.34. The highest BCUT2D eigenvalue weighted by Gasteiger charge is 2.19. The summed E-state index contributed by atoms with van der Waals surface area (Å²) in [6, 6.07) is 18.0. The predicted octanol–water partition coefficient (Wildman–Crippen LogP) is 4.43. The van der Waals surface area contributed by atoms with Gasteiger partial charge < -0.3 is 5.32 Å². The van der Waals surface area contributed by atoms with Gasteiger partial charge in [-0.3, -0.25) is 14.5 Å². The van der Waals surface area contributed by atoms with E-state index in [1.54, 1.807) is 4.57 Å². The maximum atomic E-state index is 12.8. The molecule has 0 aliphatic heterocycles. The number of hydrogen-bond acceptors (Lipinski definition) is 3. The molecule has 3 aromatic rings. The normalized spacial score (nSPS) is 12.1. The molecule has 1 heterocycles. The van der Waals surface area contributed by atoms with Gasteiger partial charge in [-0.25, -0.2) is 0 Å². The molecular formula is C21H24N4OS. The molecule has 0 saturated carbocycles. The first-order valence-corrected chi connectivity index (χ1v) is 9.43. The molecule has 3 rings (SSSR count). The van der Waals surface area contributed by atoms with Gasteiger partial charge in [0.15, 0.2) is 10.6 Å². The van der Waals surface area contributed by atoms with Crippen molar-refractivity contribution >= 4 is 18.1 Å². The number of aryl methyl sites for hydroxylation is 1. The number of aromatic nitrogens is 3. The topological polar surface area (TPSA) is 62.7 Å². The van der Waals surface area contributed by atoms with Gasteiger partial charge in [-0.2, -0.15) is 5.10 Å². The number of nitrogens with one attached hydrogen (secondary N) is 2. The average molecular weight is 381 g/mol. The van der Waals surface area contributed by atoms with Gasteiger partial charge in [-0.15, -0.1) is 0 Å². The molecule has 0 bridgehead atoms. The zero-order valence-corrected chi connectivity index (χ0v) is 16.6. The first-order chi connectivity index (χ1) is 13.0. The summed E-state index contributed by atoms with van der Waals surface area (Å²) in [4.78, 5) is 12.8. The molecule has 1 amide bonds. The van der Waals surface area contributed by atoms with Gasteiger partial charge in [-0.1, -0.05) is 74.0 Å². The summed E-state index contributed by atoms with van der Waals surface area (Å²) in [5.74, 6) is 0.838. The minimum atomic E-state index is -0.0941. The molecule has 1 aromatic heterocycles. The Hall–Kier alpha value is -2.73. The molecule has 1 atom stereocenters. The number of rotatable bonds is 6. The largest absolute Gasteiger partial charge is 0.347 e. The third-order valence-electron chi connectivity index (χ3n) is 4.51. The second-order valence-corrected chi connectivity index (χ2v) is 7.39. The highest BCUT2D eigenvalue weighted by molar-refractivity contribution is 7.71. The van der Waals surface area contributed by atoms with Crippen LogP contribution in [0.1, 0.15) is 31.0 Å². The maximum Gasteiger partial charge on any atom is 0.240 e. The number of carbonyl (C=O) groups excluding carboxylic acids is 1. The Bertz CT molecular complexity index is 958. The van der Waals surface area contributed by atoms with E-state index in [-0.39, 0.29) is 24.4 Å². The maximum absolute atomic E-state index is 12.8. The Labute approximate surface area is 164 Å². The fourth-order valence-electron chi connectivity index (χ4n) is 3.05. The standard InChI is InChI=1S/C21H24N4OS/c1-14(2)19(16-7-5-4-6-8-16)22-18(26)13-25-20(23-24-21(25)27)17-11-9-15(3)10-12-17/h4-12,14,19H,13H2,1-3H3,(H,22,26)(H,24,27)/t19-/m1/s1. The van der Waals surface area contributed by atoms with Gasteiger partial charge >= 0.3 is 0 Å². The van der Waals surface area contributed by atoms with E-state index in [2.05, 4.69) is 29.4 Å². The molecule has 0 spiro atoms. The van der Waals surface area contributed by atoms with E-state index in [4.69, 9.17) is 12.2 Å². The van der Waals surface area contributed by atoms with Crippen LogP contribution in [-0.4, -0.2) is 20.7 Å². The van der Waals surface area contributed by atoms with Crippen molar-refractivity contribution < 1.29 is 4.79 Å². The van der Waals surface area contributed by atoms with Gasteiger partial charge in [0.1, 0.15) is 6.54 Å². The zero-order chi connectivity index (χ0) is 19.4. The highest BCUT2D eigenvalue weighted by Crippen LogP contribution is 2.22. The monoisotopic (exact) mass is 380 g/mol. The van der Waals surface area contributed by atoms with E-state index >= 15 is 0 Å². The molecule has 0 radical (unpaired) electrons. The number of hydrogen-bond donors (Lipinski definition) is 2. The number of benzene rings is 2. The number of aromatic amines is 1. The summed E-state index contributed by atoms with van der Waals surface area (Å²) in [6.45, 7) is 6.34. The number of H-pyrrole nitrogens is 1. The van der Waals surface area contributed by atoms with Crippen LogP contribution in [0.2, 0.25) is 0 Å². The minimum Gasteiger partial charge on any atom is -0.347 e. The van der Waals surface area contributed by atoms with Crippen molar-refractivity contribution in [3.8, 4) is 11.4 Å². The van der Waals surface area contributed by atoms with Crippen molar-refractivity contribution in [1.29, 1.82) is 0 Å². The van der Waals surface area contributed by atoms with Crippen molar-refractivity contribution in [3.05, 3.63) is 70.5 Å². The van der Waals surface area contributed by atoms with E-state index in [0.717, 1.165) is 11.1 Å². The molecule has 0 aliphatic carbocycles. The van der Waals surface area contributed by atoms with Gasteiger partial charge in [0.2, 0.25) is 5.91 Å². The highest BCUT2D eigenvalue weighted by atomic mass is 32.1. The second-order valence-electron chi connectivity index (χ2n) is 7.00. The molecular weight excluding hydrogens is 356 g/mol. The summed E-state index contributed by atoms with van der Waals surface area (Å²) in [7, 11) is 0. The molecule has 5 nitrogen and oxygen atoms in total. The van der Waals surface area contributed by atoms with E-state index < -0.39 is 0 Å². The Morgan fingerprint density at radius 2 is 1.81 bits per heavy atom. The molecule has 0 aliphatic rings. The lowest BCUT2D eigenvalue weighted by atomic mass is 9.96. The summed E-state index contributed by atoms with van der Waals surface area (Å²) in [6.07, 6.45) is 0. The van der Waals surface area contributed by atoms with Crippen molar-refractivity contribution in [3.63, 3.8) is 0 Å². The second kappa shape index (κ2) is 8.31. The fourth-order valence-corrected chi connectivity index (χ4v) is 3.24. The summed E-state index contributed by atoms with van der Waals surface area (Å²) >= 11 is 5.34. The third kappa shape index (κ3) is 4.52. The van der Waals surface area contributed by atoms with Crippen LogP contribution >= 0.6 is 12.2 Å². The van der Waals surface area contributed by atoms with Crippen LogP contribution in [-0.2, 0) is 11.3 Å². The van der Waals surface area contributed by atoms with Crippen LogP contribution in [0.15, 0.2) is 54.6 Å². The summed E-state index contributed by atoms with van der Waals surface area (Å²) in [5, 5.41) is 10.2. The molecule has 27 heavy (non-hydrogen) atoms. The van der Waals surface area contributed by atoms with Crippen LogP contribution < -0.4 is 5.32 Å². The molecule has 140 valence electrons. The van der Waals surface area contributed by atoms with Crippen molar-refractivity contribution in [2.24, 2.45) is 5.92 Å². The minimum absolute atomic E-state index is 0.0532. The Kier molecular flexibility index (Phi) is 5.86. The fraction of sp³-hybridized carbons (Fsp3) is 0.286. The Balaban J connectivity index is 1.81. The first kappa shape index (κ1) is 19.0. The Morgan fingerprint density at radius 3 is 2.44 bits per heavy atom. The van der Waals surface area contributed by atoms with Crippen LogP contribution in [0, 0.1) is 17.6 Å². The van der Waals surface area contributed by atoms with E-state index in [1.165, 1.54) is 5.56 Å². The first-order valence-electron chi connectivity index (χ1n) is 9.02. The molecule has 6 heteroatoms. The van der Waals surface area contributed by atoms with Crippen LogP contribution in [0.3, 0.4) is 0 Å². The average Bonchev–Trinajstić information content (AvgIpc) is 3.01. The van der Waals surface area contributed by atoms with Gasteiger partial charge in [0.25, 0.3) is 0 Å². The Morgan fingerprint density at radius 1 is 1.15 bits per heavy atom. The SMILES string of the molecule is Cc1ccc(-c2n[nH]c(=S)n2CC(=O)N[C@@H](c2ccccc2)C(C)C)cc1. The molecule has 0 saturated heterocycles. The van der Waals surface area contributed by atoms with Crippen LogP contribution in [0.4, 0.5) is 0 Å². The quantitative estimate of drug-likeness (QED) is 0.622. The third-order valence-corrected chi connectivity index (χ3v) is 4.82. The summed E-state index contributed by atoms with van der Waals surface area (Å²) < 4.78 is 2.17. The van der Waals surface area contributed by atoms with E-state index in [0.29, 0.717) is 10.6 Å². The van der Waals surface area contributed by atoms with Crippen LogP contribution in [0.25, 0.3) is 11.4 Å². The van der Waals surface area contributed by atoms with Gasteiger partial charge in [0, 0.05) is 5.56 Å². The van der Waals surface area contributed by atoms with Gasteiger partial charge in [0.05, 0.1) is 6.04 Å². The van der Waals surface area contributed by atoms with Crippen molar-refractivity contribution in [1.82, 2.24) is 20.1 Å². The molecule has 0 unspecified atom stereocenters. The predicted molar refractivity (Wildman–Crippen MR) is 110 cm³/mol. The number of nitrogens with zero attached hydrogens (tertiary/aromatic N) is 2. The van der Waals surface area contributed by atoms with E-state index in [1.807, 2.05) is 61.5 Å². The molecule has 2 aromatic carbocycles. The van der Waals surface area contributed by atoms with Crippen molar-refractivity contribution in [2.75, 3.05) is 0 Å². The van der Waals surface area contributed by atoms with E-state index in [9.17, 15) is 4.79 Å². The zero-order valence-electron chi connectivity index (χ0n) is 15.8. The van der Waals surface area contributed by atoms with Crippen LogP contribution in [0.5, 0.6) is 0 Å². The molecule has 0 fully saturated rings. The lowest BCUT2D eigenvalue weighted by Gasteiger charge is -2.23. The number of amides is 1. The smallest absolute Gasteiger partial charge is 0.240 e. The molecule has 2 N–H and O–H groups in total. The van der Waals surface area contributed by atoms with Gasteiger partial charge in [-0.05, 0) is 30.6 Å². The summed E-state index contributed by atoms with van der Waals surface area (Å²) in [5.41, 5.74) is 3.18.